The molecule has 3 N–H and O–H groups in total. The Morgan fingerprint density at radius 3 is 2.94 bits per heavy atom. The van der Waals surface area contributed by atoms with E-state index < -0.39 is 6.10 Å². The number of anilines is 1. The van der Waals surface area contributed by atoms with Crippen LogP contribution in [0, 0.1) is 0 Å². The second kappa shape index (κ2) is 4.11. The first-order valence-corrected chi connectivity index (χ1v) is 5.04. The number of halogens is 1. The first-order chi connectivity index (χ1) is 7.59. The SMILES string of the molecule is Cn1nccc1C(O)c1cc(Cl)cnc1N. The van der Waals surface area contributed by atoms with E-state index in [0.29, 0.717) is 16.3 Å². The van der Waals surface area contributed by atoms with E-state index in [1.165, 1.54) is 6.20 Å². The number of hydrogen-bond donors (Lipinski definition) is 2. The number of nitrogen functional groups attached to an aromatic ring is 1. The molecule has 0 saturated carbocycles. The average Bonchev–Trinajstić information content (AvgIpc) is 2.67. The predicted octanol–water partition coefficient (Wildman–Crippen LogP) is 1.13. The smallest absolute Gasteiger partial charge is 0.129 e. The van der Waals surface area contributed by atoms with Crippen LogP contribution in [0.5, 0.6) is 0 Å². The zero-order valence-electron chi connectivity index (χ0n) is 8.63. The Hall–Kier alpha value is -1.59. The molecule has 5 nitrogen and oxygen atoms in total. The van der Waals surface area contributed by atoms with Crippen LogP contribution in [0.2, 0.25) is 5.02 Å². The second-order valence-electron chi connectivity index (χ2n) is 3.41. The number of rotatable bonds is 2. The number of pyridine rings is 1. The Kier molecular flexibility index (Phi) is 2.80. The van der Waals surface area contributed by atoms with Gasteiger partial charge in [0, 0.05) is 25.0 Å². The number of aliphatic hydroxyl groups is 1. The molecule has 0 aliphatic rings. The Labute approximate surface area is 97.5 Å². The summed E-state index contributed by atoms with van der Waals surface area (Å²) in [5.74, 6) is 0.262. The molecule has 0 bridgehead atoms. The van der Waals surface area contributed by atoms with Crippen molar-refractivity contribution >= 4 is 17.4 Å². The number of aryl methyl sites for hydroxylation is 1. The summed E-state index contributed by atoms with van der Waals surface area (Å²) < 4.78 is 1.57. The number of nitrogens with zero attached hydrogens (tertiary/aromatic N) is 3. The van der Waals surface area contributed by atoms with Gasteiger partial charge in [0.25, 0.3) is 0 Å². The quantitative estimate of drug-likeness (QED) is 0.822. The van der Waals surface area contributed by atoms with Gasteiger partial charge in [-0.25, -0.2) is 4.98 Å². The maximum absolute atomic E-state index is 10.1. The molecule has 0 aliphatic carbocycles. The van der Waals surface area contributed by atoms with Crippen molar-refractivity contribution in [1.29, 1.82) is 0 Å². The van der Waals surface area contributed by atoms with Gasteiger partial charge in [-0.05, 0) is 12.1 Å². The van der Waals surface area contributed by atoms with Crippen molar-refractivity contribution < 1.29 is 5.11 Å². The molecule has 84 valence electrons. The highest BCUT2D eigenvalue weighted by Gasteiger charge is 2.17. The number of aromatic nitrogens is 3. The van der Waals surface area contributed by atoms with Crippen LogP contribution < -0.4 is 5.73 Å². The molecule has 1 unspecified atom stereocenters. The monoisotopic (exact) mass is 238 g/mol. The van der Waals surface area contributed by atoms with E-state index in [0.717, 1.165) is 0 Å². The van der Waals surface area contributed by atoms with E-state index in [2.05, 4.69) is 10.1 Å². The minimum atomic E-state index is -0.876. The van der Waals surface area contributed by atoms with Gasteiger partial charge in [-0.1, -0.05) is 11.6 Å². The van der Waals surface area contributed by atoms with E-state index in [-0.39, 0.29) is 5.82 Å². The normalized spacial score (nSPS) is 12.7. The molecule has 2 rings (SSSR count). The van der Waals surface area contributed by atoms with Crippen LogP contribution in [0.25, 0.3) is 0 Å². The van der Waals surface area contributed by atoms with Crippen molar-refractivity contribution in [3.05, 3.63) is 40.8 Å². The van der Waals surface area contributed by atoms with Gasteiger partial charge in [0.1, 0.15) is 11.9 Å². The van der Waals surface area contributed by atoms with Crippen LogP contribution in [0.15, 0.2) is 24.5 Å². The lowest BCUT2D eigenvalue weighted by Crippen LogP contribution is -2.09. The third kappa shape index (κ3) is 1.87. The standard InChI is InChI=1S/C10H11ClN4O/c1-15-8(2-3-14-15)9(16)7-4-6(11)5-13-10(7)12/h2-5,9,16H,1H3,(H2,12,13). The van der Waals surface area contributed by atoms with Crippen LogP contribution in [-0.4, -0.2) is 19.9 Å². The van der Waals surface area contributed by atoms with Crippen molar-refractivity contribution in [3.8, 4) is 0 Å². The Bertz CT molecular complexity index is 511. The zero-order chi connectivity index (χ0) is 11.7. The maximum atomic E-state index is 10.1. The molecule has 0 spiro atoms. The lowest BCUT2D eigenvalue weighted by Gasteiger charge is -2.13. The molecule has 2 aromatic rings. The molecule has 1 atom stereocenters. The molecule has 0 saturated heterocycles. The van der Waals surface area contributed by atoms with Crippen molar-refractivity contribution in [1.82, 2.24) is 14.8 Å². The lowest BCUT2D eigenvalue weighted by molar-refractivity contribution is 0.210. The largest absolute Gasteiger partial charge is 0.383 e. The summed E-state index contributed by atoms with van der Waals surface area (Å²) in [6.45, 7) is 0. The molecule has 6 heteroatoms. The van der Waals surface area contributed by atoms with Crippen LogP contribution >= 0.6 is 11.6 Å². The average molecular weight is 239 g/mol. The van der Waals surface area contributed by atoms with Gasteiger partial charge in [0.05, 0.1) is 10.7 Å². The number of nitrogens with two attached hydrogens (primary N) is 1. The summed E-state index contributed by atoms with van der Waals surface area (Å²) in [5, 5.41) is 14.5. The molecule has 0 aromatic carbocycles. The van der Waals surface area contributed by atoms with Crippen LogP contribution in [-0.2, 0) is 7.05 Å². The fourth-order valence-corrected chi connectivity index (χ4v) is 1.66. The molecule has 2 heterocycles. The van der Waals surface area contributed by atoms with E-state index >= 15 is 0 Å². The molecule has 0 aliphatic heterocycles. The molecular formula is C10H11ClN4O. The maximum Gasteiger partial charge on any atom is 0.129 e. The van der Waals surface area contributed by atoms with Crippen molar-refractivity contribution in [2.75, 3.05) is 5.73 Å². The van der Waals surface area contributed by atoms with Crippen molar-refractivity contribution in [2.45, 2.75) is 6.10 Å². The highest BCUT2D eigenvalue weighted by molar-refractivity contribution is 6.30. The second-order valence-corrected chi connectivity index (χ2v) is 3.85. The van der Waals surface area contributed by atoms with Crippen LogP contribution in [0.3, 0.4) is 0 Å². The fraction of sp³-hybridized carbons (Fsp3) is 0.200. The number of hydrogen-bond acceptors (Lipinski definition) is 4. The van der Waals surface area contributed by atoms with E-state index in [9.17, 15) is 5.11 Å². The zero-order valence-corrected chi connectivity index (χ0v) is 9.39. The van der Waals surface area contributed by atoms with E-state index in [4.69, 9.17) is 17.3 Å². The van der Waals surface area contributed by atoms with Gasteiger partial charge in [0.15, 0.2) is 0 Å². The van der Waals surface area contributed by atoms with Crippen molar-refractivity contribution in [2.24, 2.45) is 7.05 Å². The van der Waals surface area contributed by atoms with Gasteiger partial charge in [-0.2, -0.15) is 5.10 Å². The summed E-state index contributed by atoms with van der Waals surface area (Å²) >= 11 is 5.81. The molecule has 2 aromatic heterocycles. The lowest BCUT2D eigenvalue weighted by atomic mass is 10.1. The Morgan fingerprint density at radius 1 is 1.56 bits per heavy atom. The molecule has 0 fully saturated rings. The molecule has 0 radical (unpaired) electrons. The highest BCUT2D eigenvalue weighted by Crippen LogP contribution is 2.26. The van der Waals surface area contributed by atoms with Gasteiger partial charge >= 0.3 is 0 Å². The van der Waals surface area contributed by atoms with Gasteiger partial charge in [0.2, 0.25) is 0 Å². The highest BCUT2D eigenvalue weighted by atomic mass is 35.5. The minimum Gasteiger partial charge on any atom is -0.383 e. The van der Waals surface area contributed by atoms with Crippen LogP contribution in [0.1, 0.15) is 17.4 Å². The summed E-state index contributed by atoms with van der Waals surface area (Å²) in [4.78, 5) is 3.90. The summed E-state index contributed by atoms with van der Waals surface area (Å²) in [5.41, 5.74) is 6.80. The predicted molar refractivity (Wildman–Crippen MR) is 60.9 cm³/mol. The van der Waals surface area contributed by atoms with E-state index in [1.807, 2.05) is 0 Å². The van der Waals surface area contributed by atoms with E-state index in [1.54, 1.807) is 30.1 Å². The van der Waals surface area contributed by atoms with Gasteiger partial charge in [-0.3, -0.25) is 4.68 Å². The van der Waals surface area contributed by atoms with Crippen molar-refractivity contribution in [3.63, 3.8) is 0 Å². The third-order valence-electron chi connectivity index (χ3n) is 2.35. The third-order valence-corrected chi connectivity index (χ3v) is 2.56. The Balaban J connectivity index is 2.45. The molecule has 0 amide bonds. The first-order valence-electron chi connectivity index (χ1n) is 4.66. The van der Waals surface area contributed by atoms with Gasteiger partial charge in [-0.15, -0.1) is 0 Å². The van der Waals surface area contributed by atoms with Gasteiger partial charge < -0.3 is 10.8 Å². The summed E-state index contributed by atoms with van der Waals surface area (Å²) in [6.07, 6.45) is 2.17. The summed E-state index contributed by atoms with van der Waals surface area (Å²) in [7, 11) is 1.74. The topological polar surface area (TPSA) is 77.0 Å². The first kappa shape index (κ1) is 10.9. The Morgan fingerprint density at radius 2 is 2.31 bits per heavy atom. The molecule has 16 heavy (non-hydrogen) atoms. The molecular weight excluding hydrogens is 228 g/mol. The minimum absolute atomic E-state index is 0.262. The summed E-state index contributed by atoms with van der Waals surface area (Å²) in [6, 6.07) is 3.31. The number of aliphatic hydroxyl groups excluding tert-OH is 1. The fourth-order valence-electron chi connectivity index (χ4n) is 1.50. The van der Waals surface area contributed by atoms with Crippen LogP contribution in [0.4, 0.5) is 5.82 Å².